The van der Waals surface area contributed by atoms with Gasteiger partial charge in [0.2, 0.25) is 0 Å². The van der Waals surface area contributed by atoms with E-state index < -0.39 is 0 Å². The lowest BCUT2D eigenvalue weighted by Gasteiger charge is -2.28. The second-order valence-corrected chi connectivity index (χ2v) is 5.99. The highest BCUT2D eigenvalue weighted by atomic mass is 16.5. The summed E-state index contributed by atoms with van der Waals surface area (Å²) in [4.78, 5) is 0. The smallest absolute Gasteiger partial charge is 0.164 e. The molecule has 4 nitrogen and oxygen atoms in total. The Balaban J connectivity index is 2.94. The van der Waals surface area contributed by atoms with E-state index >= 15 is 0 Å². The highest BCUT2D eigenvalue weighted by molar-refractivity contribution is 5.50. The van der Waals surface area contributed by atoms with Crippen LogP contribution in [0.4, 0.5) is 0 Å². The van der Waals surface area contributed by atoms with Crippen molar-refractivity contribution in [2.45, 2.75) is 40.3 Å². The molecule has 1 aromatic rings. The molecule has 0 heterocycles. The quantitative estimate of drug-likeness (QED) is 0.869. The van der Waals surface area contributed by atoms with Crippen LogP contribution in [-0.4, -0.2) is 27.4 Å². The monoisotopic (exact) mass is 281 g/mol. The molecular formula is C16H27NO3. The molecule has 0 spiro atoms. The minimum Gasteiger partial charge on any atom is -0.496 e. The summed E-state index contributed by atoms with van der Waals surface area (Å²) in [5, 5.41) is 3.53. The predicted octanol–water partition coefficient (Wildman–Crippen LogP) is 3.24. The fourth-order valence-corrected chi connectivity index (χ4v) is 1.80. The van der Waals surface area contributed by atoms with Gasteiger partial charge < -0.3 is 19.5 Å². The van der Waals surface area contributed by atoms with Crippen molar-refractivity contribution >= 4 is 0 Å². The molecule has 4 heteroatoms. The maximum absolute atomic E-state index is 5.43. The zero-order valence-electron chi connectivity index (χ0n) is 13.7. The molecule has 0 fully saturated rings. The normalized spacial score (nSPS) is 12.9. The number of hydrogen-bond donors (Lipinski definition) is 1. The first-order valence-electron chi connectivity index (χ1n) is 6.85. The maximum atomic E-state index is 5.43. The van der Waals surface area contributed by atoms with Crippen molar-refractivity contribution in [1.82, 2.24) is 5.32 Å². The molecule has 0 radical (unpaired) electrons. The fraction of sp³-hybridized carbons (Fsp3) is 0.625. The van der Waals surface area contributed by atoms with Gasteiger partial charge in [-0.1, -0.05) is 20.8 Å². The Bertz CT molecular complexity index is 438. The Kier molecular flexibility index (Phi) is 5.69. The molecule has 0 bridgehead atoms. The SMILES string of the molecule is COc1cc(OC)c(OC)cc1CNC(C)C(C)(C)C. The number of rotatable bonds is 6. The van der Waals surface area contributed by atoms with E-state index in [-0.39, 0.29) is 5.41 Å². The Morgan fingerprint density at radius 1 is 0.950 bits per heavy atom. The van der Waals surface area contributed by atoms with Crippen LogP contribution in [-0.2, 0) is 6.54 Å². The van der Waals surface area contributed by atoms with Gasteiger partial charge in [0.1, 0.15) is 5.75 Å². The van der Waals surface area contributed by atoms with Crippen molar-refractivity contribution in [2.75, 3.05) is 21.3 Å². The summed E-state index contributed by atoms with van der Waals surface area (Å²) in [6.45, 7) is 9.57. The van der Waals surface area contributed by atoms with Crippen LogP contribution in [0.15, 0.2) is 12.1 Å². The lowest BCUT2D eigenvalue weighted by atomic mass is 9.88. The molecule has 0 aliphatic rings. The van der Waals surface area contributed by atoms with Gasteiger partial charge >= 0.3 is 0 Å². The highest BCUT2D eigenvalue weighted by Crippen LogP contribution is 2.34. The van der Waals surface area contributed by atoms with Crippen LogP contribution < -0.4 is 19.5 Å². The van der Waals surface area contributed by atoms with Gasteiger partial charge in [-0.15, -0.1) is 0 Å². The van der Waals surface area contributed by atoms with Crippen molar-refractivity contribution < 1.29 is 14.2 Å². The third-order valence-electron chi connectivity index (χ3n) is 3.68. The molecular weight excluding hydrogens is 254 g/mol. The minimum absolute atomic E-state index is 0.212. The first kappa shape index (κ1) is 16.6. The molecule has 0 amide bonds. The van der Waals surface area contributed by atoms with Crippen molar-refractivity contribution in [3.8, 4) is 17.2 Å². The van der Waals surface area contributed by atoms with Gasteiger partial charge in [0.05, 0.1) is 21.3 Å². The van der Waals surface area contributed by atoms with Crippen LogP contribution in [0.1, 0.15) is 33.3 Å². The standard InChI is InChI=1S/C16H27NO3/c1-11(16(2,3)4)17-10-12-8-14(19-6)15(20-7)9-13(12)18-5/h8-9,11,17H,10H2,1-7H3. The lowest BCUT2D eigenvalue weighted by molar-refractivity contribution is 0.283. The largest absolute Gasteiger partial charge is 0.496 e. The van der Waals surface area contributed by atoms with E-state index in [1.807, 2.05) is 12.1 Å². The zero-order valence-corrected chi connectivity index (χ0v) is 13.7. The van der Waals surface area contributed by atoms with Gasteiger partial charge in [-0.3, -0.25) is 0 Å². The Morgan fingerprint density at radius 2 is 1.45 bits per heavy atom. The molecule has 20 heavy (non-hydrogen) atoms. The fourth-order valence-electron chi connectivity index (χ4n) is 1.80. The van der Waals surface area contributed by atoms with Crippen LogP contribution in [0.25, 0.3) is 0 Å². The van der Waals surface area contributed by atoms with E-state index in [9.17, 15) is 0 Å². The van der Waals surface area contributed by atoms with Gasteiger partial charge in [-0.2, -0.15) is 0 Å². The van der Waals surface area contributed by atoms with Crippen LogP contribution in [0.3, 0.4) is 0 Å². The molecule has 114 valence electrons. The van der Waals surface area contributed by atoms with Gasteiger partial charge in [-0.05, 0) is 18.4 Å². The first-order chi connectivity index (χ1) is 9.33. The van der Waals surface area contributed by atoms with Gasteiger partial charge in [0.25, 0.3) is 0 Å². The zero-order chi connectivity index (χ0) is 15.3. The molecule has 0 aromatic heterocycles. The first-order valence-corrected chi connectivity index (χ1v) is 6.85. The van der Waals surface area contributed by atoms with E-state index in [1.165, 1.54) is 0 Å². The molecule has 1 rings (SSSR count). The minimum atomic E-state index is 0.212. The van der Waals surface area contributed by atoms with Crippen molar-refractivity contribution in [2.24, 2.45) is 5.41 Å². The topological polar surface area (TPSA) is 39.7 Å². The molecule has 0 saturated carbocycles. The molecule has 1 N–H and O–H groups in total. The summed E-state index contributed by atoms with van der Waals surface area (Å²) in [5.41, 5.74) is 1.27. The van der Waals surface area contributed by atoms with Crippen LogP contribution in [0.5, 0.6) is 17.2 Å². The van der Waals surface area contributed by atoms with Gasteiger partial charge in [0, 0.05) is 24.2 Å². The van der Waals surface area contributed by atoms with E-state index in [0.29, 0.717) is 17.5 Å². The van der Waals surface area contributed by atoms with E-state index in [4.69, 9.17) is 14.2 Å². The Hall–Kier alpha value is -1.42. The maximum Gasteiger partial charge on any atom is 0.164 e. The molecule has 1 aromatic carbocycles. The number of nitrogens with one attached hydrogen (secondary N) is 1. The number of benzene rings is 1. The molecule has 1 unspecified atom stereocenters. The Morgan fingerprint density at radius 3 is 1.90 bits per heavy atom. The van der Waals surface area contributed by atoms with Gasteiger partial charge in [0.15, 0.2) is 11.5 Å². The van der Waals surface area contributed by atoms with Crippen LogP contribution >= 0.6 is 0 Å². The third-order valence-corrected chi connectivity index (χ3v) is 3.68. The van der Waals surface area contributed by atoms with Crippen LogP contribution in [0.2, 0.25) is 0 Å². The van der Waals surface area contributed by atoms with Crippen molar-refractivity contribution in [1.29, 1.82) is 0 Å². The van der Waals surface area contributed by atoms with Crippen LogP contribution in [0, 0.1) is 5.41 Å². The summed E-state index contributed by atoms with van der Waals surface area (Å²) in [5.74, 6) is 2.20. The summed E-state index contributed by atoms with van der Waals surface area (Å²) < 4.78 is 16.1. The third kappa shape index (κ3) is 4.04. The summed E-state index contributed by atoms with van der Waals surface area (Å²) in [7, 11) is 4.92. The van der Waals surface area contributed by atoms with E-state index in [0.717, 1.165) is 17.9 Å². The number of ether oxygens (including phenoxy) is 3. The molecule has 0 aliphatic carbocycles. The highest BCUT2D eigenvalue weighted by Gasteiger charge is 2.20. The lowest BCUT2D eigenvalue weighted by Crippen LogP contribution is -2.37. The second kappa shape index (κ2) is 6.84. The number of methoxy groups -OCH3 is 3. The van der Waals surface area contributed by atoms with Crippen molar-refractivity contribution in [3.05, 3.63) is 17.7 Å². The number of hydrogen-bond acceptors (Lipinski definition) is 4. The summed E-state index contributed by atoms with van der Waals surface area (Å²) in [6, 6.07) is 4.21. The predicted molar refractivity (Wildman–Crippen MR) is 81.9 cm³/mol. The van der Waals surface area contributed by atoms with Gasteiger partial charge in [-0.25, -0.2) is 0 Å². The second-order valence-electron chi connectivity index (χ2n) is 5.99. The average molecular weight is 281 g/mol. The average Bonchev–Trinajstić information content (AvgIpc) is 2.42. The van der Waals surface area contributed by atoms with E-state index in [2.05, 4.69) is 33.0 Å². The Labute approximate surface area is 122 Å². The molecule has 0 aliphatic heterocycles. The molecule has 1 atom stereocenters. The van der Waals surface area contributed by atoms with E-state index in [1.54, 1.807) is 21.3 Å². The summed E-state index contributed by atoms with van der Waals surface area (Å²) in [6.07, 6.45) is 0. The molecule has 0 saturated heterocycles. The summed E-state index contributed by atoms with van der Waals surface area (Å²) >= 11 is 0. The van der Waals surface area contributed by atoms with Crippen molar-refractivity contribution in [3.63, 3.8) is 0 Å².